The molecule has 0 aliphatic heterocycles. The van der Waals surface area contributed by atoms with Crippen LogP contribution in [0.25, 0.3) is 10.9 Å². The summed E-state index contributed by atoms with van der Waals surface area (Å²) in [5.41, 5.74) is 7.34. The van der Waals surface area contributed by atoms with E-state index in [-0.39, 0.29) is 28.6 Å². The molecule has 3 rings (SSSR count). The molecule has 0 aliphatic rings. The minimum atomic E-state index is -0.262. The third kappa shape index (κ3) is 3.56. The molecule has 0 saturated carbocycles. The Morgan fingerprint density at radius 1 is 1.19 bits per heavy atom. The number of rotatable bonds is 4. The van der Waals surface area contributed by atoms with Gasteiger partial charge in [0.15, 0.2) is 0 Å². The van der Waals surface area contributed by atoms with Gasteiger partial charge in [-0.25, -0.2) is 4.98 Å². The van der Waals surface area contributed by atoms with Crippen LogP contribution in [0.3, 0.4) is 0 Å². The van der Waals surface area contributed by atoms with E-state index in [4.69, 9.17) is 11.0 Å². The lowest BCUT2D eigenvalue weighted by Crippen LogP contribution is -2.15. The summed E-state index contributed by atoms with van der Waals surface area (Å²) in [4.78, 5) is 20.6. The van der Waals surface area contributed by atoms with Gasteiger partial charge in [0.2, 0.25) is 5.91 Å². The Bertz CT molecular complexity index is 1080. The highest BCUT2D eigenvalue weighted by atomic mass is 32.2. The number of aromatic nitrogens is 2. The number of nitriles is 2. The molecule has 0 spiro atoms. The monoisotopic (exact) mass is 360 g/mol. The van der Waals surface area contributed by atoms with Gasteiger partial charge < -0.3 is 11.1 Å². The largest absolute Gasteiger partial charge is 0.383 e. The van der Waals surface area contributed by atoms with Crippen LogP contribution >= 0.6 is 11.8 Å². The number of hydrogen-bond donors (Lipinski definition) is 2. The Labute approximate surface area is 153 Å². The number of hydrogen-bond acceptors (Lipinski definition) is 7. The molecule has 0 saturated heterocycles. The van der Waals surface area contributed by atoms with Gasteiger partial charge in [-0.1, -0.05) is 30.0 Å². The van der Waals surface area contributed by atoms with Crippen molar-refractivity contribution in [1.82, 2.24) is 9.97 Å². The zero-order valence-corrected chi connectivity index (χ0v) is 14.2. The third-order valence-electron chi connectivity index (χ3n) is 3.50. The quantitative estimate of drug-likeness (QED) is 0.684. The number of nitrogens with one attached hydrogen (secondary N) is 1. The van der Waals surface area contributed by atoms with Gasteiger partial charge in [-0.05, 0) is 18.2 Å². The molecule has 2 heterocycles. The molecule has 1 amide bonds. The van der Waals surface area contributed by atoms with Crippen LogP contribution in [-0.2, 0) is 4.79 Å². The van der Waals surface area contributed by atoms with Gasteiger partial charge in [0.05, 0.1) is 28.1 Å². The summed E-state index contributed by atoms with van der Waals surface area (Å²) < 4.78 is 0. The Balaban J connectivity index is 1.75. The first-order valence-corrected chi connectivity index (χ1v) is 8.48. The summed E-state index contributed by atoms with van der Waals surface area (Å²) in [5, 5.41) is 22.2. The van der Waals surface area contributed by atoms with E-state index in [9.17, 15) is 10.1 Å². The van der Waals surface area contributed by atoms with Crippen molar-refractivity contribution in [3.63, 3.8) is 0 Å². The fraction of sp³-hybridized carbons (Fsp3) is 0.0556. The fourth-order valence-corrected chi connectivity index (χ4v) is 3.08. The lowest BCUT2D eigenvalue weighted by Gasteiger charge is -2.08. The van der Waals surface area contributed by atoms with Gasteiger partial charge >= 0.3 is 0 Å². The average molecular weight is 360 g/mol. The van der Waals surface area contributed by atoms with Crippen LogP contribution in [-0.4, -0.2) is 21.6 Å². The maximum Gasteiger partial charge on any atom is 0.234 e. The van der Waals surface area contributed by atoms with Gasteiger partial charge in [0, 0.05) is 11.6 Å². The lowest BCUT2D eigenvalue weighted by atomic mass is 10.2. The van der Waals surface area contributed by atoms with E-state index in [0.29, 0.717) is 16.2 Å². The number of anilines is 2. The second-order valence-corrected chi connectivity index (χ2v) is 6.18. The van der Waals surface area contributed by atoms with Crippen molar-refractivity contribution in [3.05, 3.63) is 53.7 Å². The van der Waals surface area contributed by atoms with E-state index < -0.39 is 0 Å². The Kier molecular flexibility index (Phi) is 4.97. The van der Waals surface area contributed by atoms with Crippen molar-refractivity contribution in [1.29, 1.82) is 10.5 Å². The normalized spacial score (nSPS) is 10.1. The summed E-state index contributed by atoms with van der Waals surface area (Å²) in [6, 6.07) is 14.5. The first-order chi connectivity index (χ1) is 12.6. The minimum Gasteiger partial charge on any atom is -0.383 e. The molecule has 26 heavy (non-hydrogen) atoms. The zero-order chi connectivity index (χ0) is 18.5. The van der Waals surface area contributed by atoms with E-state index in [1.54, 1.807) is 12.3 Å². The Morgan fingerprint density at radius 3 is 2.73 bits per heavy atom. The summed E-state index contributed by atoms with van der Waals surface area (Å²) in [6.07, 6.45) is 1.66. The molecule has 0 unspecified atom stereocenters. The van der Waals surface area contributed by atoms with Crippen molar-refractivity contribution in [3.8, 4) is 12.1 Å². The number of thioether (sulfide) groups is 1. The highest BCUT2D eigenvalue weighted by Gasteiger charge is 2.13. The van der Waals surface area contributed by atoms with E-state index in [2.05, 4.69) is 15.3 Å². The molecule has 1 aromatic carbocycles. The van der Waals surface area contributed by atoms with Crippen molar-refractivity contribution in [2.75, 3.05) is 16.8 Å². The van der Waals surface area contributed by atoms with Gasteiger partial charge in [-0.3, -0.25) is 9.78 Å². The molecule has 0 fully saturated rings. The number of pyridine rings is 2. The smallest absolute Gasteiger partial charge is 0.234 e. The summed E-state index contributed by atoms with van der Waals surface area (Å²) in [5.74, 6) is -0.189. The zero-order valence-electron chi connectivity index (χ0n) is 13.4. The molecule has 7 nitrogen and oxygen atoms in total. The van der Waals surface area contributed by atoms with Gasteiger partial charge in [0.25, 0.3) is 0 Å². The number of benzene rings is 1. The van der Waals surface area contributed by atoms with Crippen LogP contribution in [0, 0.1) is 22.7 Å². The molecule has 8 heteroatoms. The summed E-state index contributed by atoms with van der Waals surface area (Å²) in [6.45, 7) is 0. The molecular formula is C18H12N6OS. The number of para-hydroxylation sites is 1. The second-order valence-electron chi connectivity index (χ2n) is 5.22. The molecule has 126 valence electrons. The molecule has 3 aromatic rings. The fourth-order valence-electron chi connectivity index (χ4n) is 2.31. The molecule has 3 N–H and O–H groups in total. The van der Waals surface area contributed by atoms with Gasteiger partial charge in [-0.15, -0.1) is 0 Å². The maximum absolute atomic E-state index is 12.3. The van der Waals surface area contributed by atoms with Gasteiger partial charge in [-0.2, -0.15) is 10.5 Å². The van der Waals surface area contributed by atoms with Crippen molar-refractivity contribution < 1.29 is 4.79 Å². The van der Waals surface area contributed by atoms with Crippen molar-refractivity contribution in [2.24, 2.45) is 0 Å². The first kappa shape index (κ1) is 17.2. The van der Waals surface area contributed by atoms with Gasteiger partial charge in [0.1, 0.15) is 23.0 Å². The Hall–Kier alpha value is -3.62. The highest BCUT2D eigenvalue weighted by molar-refractivity contribution is 8.00. The van der Waals surface area contributed by atoms with E-state index in [1.807, 2.05) is 36.4 Å². The minimum absolute atomic E-state index is 0.0349. The van der Waals surface area contributed by atoms with Crippen LogP contribution in [0.2, 0.25) is 0 Å². The molecule has 2 aromatic heterocycles. The summed E-state index contributed by atoms with van der Waals surface area (Å²) in [7, 11) is 0. The first-order valence-electron chi connectivity index (χ1n) is 7.49. The lowest BCUT2D eigenvalue weighted by molar-refractivity contribution is -0.113. The van der Waals surface area contributed by atoms with E-state index in [1.165, 1.54) is 6.07 Å². The number of nitrogens with two attached hydrogens (primary N) is 1. The SMILES string of the molecule is N#Cc1cc(C#N)c(SCC(=O)Nc2cccc3cccnc23)nc1N. The number of nitrogen functional groups attached to an aromatic ring is 1. The molecular weight excluding hydrogens is 348 g/mol. The predicted molar refractivity (Wildman–Crippen MR) is 99.2 cm³/mol. The predicted octanol–water partition coefficient (Wildman–Crippen LogP) is 2.69. The Morgan fingerprint density at radius 2 is 1.96 bits per heavy atom. The number of amides is 1. The standard InChI is InChI=1S/C18H12N6OS/c19-8-12-7-13(9-20)18(24-17(12)21)26-10-15(25)23-14-5-1-3-11-4-2-6-22-16(11)14/h1-7H,10H2,(H2,21,24)(H,23,25). The topological polar surface area (TPSA) is 128 Å². The van der Waals surface area contributed by atoms with Crippen molar-refractivity contribution >= 4 is 40.1 Å². The van der Waals surface area contributed by atoms with Crippen LogP contribution in [0.15, 0.2) is 47.6 Å². The average Bonchev–Trinajstić information content (AvgIpc) is 2.66. The molecule has 0 bridgehead atoms. The molecule has 0 radical (unpaired) electrons. The highest BCUT2D eigenvalue weighted by Crippen LogP contribution is 2.25. The maximum atomic E-state index is 12.3. The van der Waals surface area contributed by atoms with Crippen LogP contribution in [0.5, 0.6) is 0 Å². The summed E-state index contributed by atoms with van der Waals surface area (Å²) >= 11 is 1.08. The van der Waals surface area contributed by atoms with E-state index >= 15 is 0 Å². The number of carbonyl (C=O) groups excluding carboxylic acids is 1. The van der Waals surface area contributed by atoms with Crippen LogP contribution < -0.4 is 11.1 Å². The van der Waals surface area contributed by atoms with Crippen LogP contribution in [0.4, 0.5) is 11.5 Å². The number of nitrogens with zero attached hydrogens (tertiary/aromatic N) is 4. The number of carbonyl (C=O) groups is 1. The van der Waals surface area contributed by atoms with Crippen molar-refractivity contribution in [2.45, 2.75) is 5.03 Å². The third-order valence-corrected chi connectivity index (χ3v) is 4.50. The second kappa shape index (κ2) is 7.51. The van der Waals surface area contributed by atoms with Crippen LogP contribution in [0.1, 0.15) is 11.1 Å². The van der Waals surface area contributed by atoms with E-state index in [0.717, 1.165) is 17.1 Å². The molecule has 0 atom stereocenters. The molecule has 0 aliphatic carbocycles. The number of fused-ring (bicyclic) bond motifs is 1.